The predicted octanol–water partition coefficient (Wildman–Crippen LogP) is 1.19. The Morgan fingerprint density at radius 3 is 3.15 bits per heavy atom. The number of imidazole rings is 1. The summed E-state index contributed by atoms with van der Waals surface area (Å²) in [4.78, 5) is 16.0. The van der Waals surface area contributed by atoms with Gasteiger partial charge in [0.15, 0.2) is 0 Å². The second-order valence-corrected chi connectivity index (χ2v) is 6.41. The zero-order valence-electron chi connectivity index (χ0n) is 12.2. The third kappa shape index (κ3) is 3.03. The molecule has 5 nitrogen and oxygen atoms in total. The number of hydrogen-bond acceptors (Lipinski definition) is 3. The number of aromatic nitrogens is 2. The Morgan fingerprint density at radius 2 is 2.45 bits per heavy atom. The molecule has 3 rings (SSSR count). The van der Waals surface area contributed by atoms with Gasteiger partial charge in [-0.3, -0.25) is 4.79 Å². The molecule has 0 aromatic carbocycles. The zero-order chi connectivity index (χ0) is 14.0. The zero-order valence-corrected chi connectivity index (χ0v) is 12.2. The lowest BCUT2D eigenvalue weighted by Crippen LogP contribution is -2.28. The number of nitrogens with zero attached hydrogens (tertiary/aromatic N) is 2. The number of aryl methyl sites for hydroxylation is 1. The number of rotatable bonds is 6. The average molecular weight is 276 g/mol. The van der Waals surface area contributed by atoms with Gasteiger partial charge in [0.1, 0.15) is 0 Å². The van der Waals surface area contributed by atoms with Crippen LogP contribution in [0, 0.1) is 0 Å². The first-order chi connectivity index (χ1) is 9.67. The molecule has 0 radical (unpaired) electrons. The van der Waals surface area contributed by atoms with E-state index in [1.807, 2.05) is 12.5 Å². The smallest absolute Gasteiger partial charge is 0.220 e. The molecule has 1 amide bonds. The highest BCUT2D eigenvalue weighted by Gasteiger charge is 2.33. The topological polar surface area (TPSA) is 59.0 Å². The van der Waals surface area contributed by atoms with E-state index in [9.17, 15) is 4.79 Å². The molecule has 2 aliphatic rings. The van der Waals surface area contributed by atoms with Crippen molar-refractivity contribution in [2.24, 2.45) is 0 Å². The van der Waals surface area contributed by atoms with Crippen LogP contribution in [0.1, 0.15) is 44.7 Å². The van der Waals surface area contributed by atoms with Crippen LogP contribution in [0.3, 0.4) is 0 Å². The molecule has 5 heteroatoms. The number of hydrogen-bond donors (Lipinski definition) is 2. The van der Waals surface area contributed by atoms with Gasteiger partial charge in [-0.1, -0.05) is 6.92 Å². The second kappa shape index (κ2) is 5.56. The molecule has 1 aliphatic heterocycles. The first-order valence-electron chi connectivity index (χ1n) is 7.68. The highest BCUT2D eigenvalue weighted by Crippen LogP contribution is 2.29. The van der Waals surface area contributed by atoms with E-state index in [2.05, 4.69) is 27.1 Å². The summed E-state index contributed by atoms with van der Waals surface area (Å²) in [5, 5.41) is 6.46. The Morgan fingerprint density at radius 1 is 1.60 bits per heavy atom. The Balaban J connectivity index is 1.52. The maximum atomic E-state index is 11.7. The predicted molar refractivity (Wildman–Crippen MR) is 77.5 cm³/mol. The number of nitrogens with one attached hydrogen (secondary N) is 2. The SMILES string of the molecule is CC1(c2cncn2CCCC(=O)NC2CC2)CCNC1. The van der Waals surface area contributed by atoms with E-state index in [0.717, 1.165) is 45.3 Å². The summed E-state index contributed by atoms with van der Waals surface area (Å²) < 4.78 is 2.22. The van der Waals surface area contributed by atoms with Crippen molar-refractivity contribution in [1.82, 2.24) is 20.2 Å². The highest BCUT2D eigenvalue weighted by atomic mass is 16.1. The Bertz CT molecular complexity index is 472. The minimum absolute atomic E-state index is 0.187. The van der Waals surface area contributed by atoms with Gasteiger partial charge < -0.3 is 15.2 Å². The van der Waals surface area contributed by atoms with Crippen molar-refractivity contribution in [2.45, 2.75) is 57.0 Å². The van der Waals surface area contributed by atoms with E-state index in [1.54, 1.807) is 0 Å². The molecular formula is C15H24N4O. The summed E-state index contributed by atoms with van der Waals surface area (Å²) >= 11 is 0. The molecule has 110 valence electrons. The molecule has 0 bridgehead atoms. The van der Waals surface area contributed by atoms with Crippen molar-refractivity contribution in [3.63, 3.8) is 0 Å². The van der Waals surface area contributed by atoms with Crippen molar-refractivity contribution < 1.29 is 4.79 Å². The summed E-state index contributed by atoms with van der Waals surface area (Å²) in [5.74, 6) is 0.197. The summed E-state index contributed by atoms with van der Waals surface area (Å²) in [6.45, 7) is 5.26. The molecule has 2 heterocycles. The molecule has 2 fully saturated rings. The van der Waals surface area contributed by atoms with Gasteiger partial charge in [0.25, 0.3) is 0 Å². The molecule has 1 unspecified atom stereocenters. The van der Waals surface area contributed by atoms with Gasteiger partial charge in [-0.25, -0.2) is 4.98 Å². The van der Waals surface area contributed by atoms with Crippen LogP contribution >= 0.6 is 0 Å². The van der Waals surface area contributed by atoms with Crippen LogP contribution in [0.4, 0.5) is 0 Å². The third-order valence-electron chi connectivity index (χ3n) is 4.44. The van der Waals surface area contributed by atoms with E-state index >= 15 is 0 Å². The van der Waals surface area contributed by atoms with Crippen molar-refractivity contribution in [3.8, 4) is 0 Å². The monoisotopic (exact) mass is 276 g/mol. The van der Waals surface area contributed by atoms with Gasteiger partial charge in [-0.15, -0.1) is 0 Å². The summed E-state index contributed by atoms with van der Waals surface area (Å²) in [7, 11) is 0. The maximum absolute atomic E-state index is 11.7. The van der Waals surface area contributed by atoms with Crippen molar-refractivity contribution >= 4 is 5.91 Å². The van der Waals surface area contributed by atoms with Crippen LogP contribution in [0.15, 0.2) is 12.5 Å². The van der Waals surface area contributed by atoms with Crippen LogP contribution in [0.5, 0.6) is 0 Å². The lowest BCUT2D eigenvalue weighted by atomic mass is 9.86. The molecule has 1 saturated carbocycles. The molecule has 0 spiro atoms. The van der Waals surface area contributed by atoms with Gasteiger partial charge >= 0.3 is 0 Å². The molecule has 1 atom stereocenters. The van der Waals surface area contributed by atoms with Gasteiger partial charge in [0.2, 0.25) is 5.91 Å². The number of carbonyl (C=O) groups is 1. The highest BCUT2D eigenvalue weighted by molar-refractivity contribution is 5.76. The standard InChI is InChI=1S/C15H24N4O/c1-15(6-7-16-10-15)13-9-17-11-19(13)8-2-3-14(20)18-12-4-5-12/h9,11-12,16H,2-8,10H2,1H3,(H,18,20). The molecular weight excluding hydrogens is 252 g/mol. The van der Waals surface area contributed by atoms with Gasteiger partial charge in [-0.2, -0.15) is 0 Å². The second-order valence-electron chi connectivity index (χ2n) is 6.41. The average Bonchev–Trinajstić information content (AvgIpc) is 2.91. The van der Waals surface area contributed by atoms with E-state index in [0.29, 0.717) is 12.5 Å². The quantitative estimate of drug-likeness (QED) is 0.820. The van der Waals surface area contributed by atoms with Crippen molar-refractivity contribution in [3.05, 3.63) is 18.2 Å². The summed E-state index contributed by atoms with van der Waals surface area (Å²) in [6, 6.07) is 0.467. The lowest BCUT2D eigenvalue weighted by molar-refractivity contribution is -0.121. The van der Waals surface area contributed by atoms with E-state index < -0.39 is 0 Å². The van der Waals surface area contributed by atoms with Crippen molar-refractivity contribution in [2.75, 3.05) is 13.1 Å². The molecule has 1 aromatic rings. The molecule has 20 heavy (non-hydrogen) atoms. The number of amides is 1. The van der Waals surface area contributed by atoms with Crippen LogP contribution in [0.2, 0.25) is 0 Å². The van der Waals surface area contributed by atoms with Gasteiger partial charge in [0, 0.05) is 42.9 Å². The molecule has 1 aliphatic carbocycles. The fraction of sp³-hybridized carbons (Fsp3) is 0.733. The van der Waals surface area contributed by atoms with Gasteiger partial charge in [0.05, 0.1) is 6.33 Å². The molecule has 1 saturated heterocycles. The third-order valence-corrected chi connectivity index (χ3v) is 4.44. The summed E-state index contributed by atoms with van der Waals surface area (Å²) in [6.07, 6.45) is 8.84. The Kier molecular flexibility index (Phi) is 3.78. The molecule has 1 aromatic heterocycles. The van der Waals surface area contributed by atoms with Crippen LogP contribution in [0.25, 0.3) is 0 Å². The first kappa shape index (κ1) is 13.6. The first-order valence-corrected chi connectivity index (χ1v) is 7.68. The fourth-order valence-electron chi connectivity index (χ4n) is 2.97. The van der Waals surface area contributed by atoms with Crippen LogP contribution in [-0.2, 0) is 16.8 Å². The lowest BCUT2D eigenvalue weighted by Gasteiger charge is -2.24. The van der Waals surface area contributed by atoms with E-state index in [-0.39, 0.29) is 11.3 Å². The van der Waals surface area contributed by atoms with Crippen molar-refractivity contribution in [1.29, 1.82) is 0 Å². The Labute approximate surface area is 120 Å². The van der Waals surface area contributed by atoms with Crippen LogP contribution < -0.4 is 10.6 Å². The fourth-order valence-corrected chi connectivity index (χ4v) is 2.97. The normalized spacial score (nSPS) is 25.9. The van der Waals surface area contributed by atoms with E-state index in [4.69, 9.17) is 0 Å². The minimum Gasteiger partial charge on any atom is -0.353 e. The summed E-state index contributed by atoms with van der Waals surface area (Å²) in [5.41, 5.74) is 1.48. The molecule has 2 N–H and O–H groups in total. The number of carbonyl (C=O) groups excluding carboxylic acids is 1. The largest absolute Gasteiger partial charge is 0.353 e. The maximum Gasteiger partial charge on any atom is 0.220 e. The minimum atomic E-state index is 0.187. The van der Waals surface area contributed by atoms with E-state index in [1.165, 1.54) is 5.69 Å². The van der Waals surface area contributed by atoms with Crippen LogP contribution in [-0.4, -0.2) is 34.6 Å². The van der Waals surface area contributed by atoms with Gasteiger partial charge in [-0.05, 0) is 32.2 Å². The Hall–Kier alpha value is -1.36.